The maximum absolute atomic E-state index is 12.8. The molecule has 120 valence electrons. The summed E-state index contributed by atoms with van der Waals surface area (Å²) in [7, 11) is 2.27. The van der Waals surface area contributed by atoms with Gasteiger partial charge >= 0.3 is 7.48 Å². The Hall–Kier alpha value is -0.885. The van der Waals surface area contributed by atoms with Gasteiger partial charge in [-0.3, -0.25) is 9.69 Å². The van der Waals surface area contributed by atoms with E-state index in [9.17, 15) is 4.79 Å². The topological polar surface area (TPSA) is 42.0 Å². The van der Waals surface area contributed by atoms with Gasteiger partial charge in [0.2, 0.25) is 0 Å². The molecule has 0 unspecified atom stereocenters. The standard InChI is InChI=1S/C15H23BN2O3S/c1-15(2)13-11(10-12(22-13)16-20-3)14(19)18(15)5-4-17-6-8-21-9-7-17/h10,16H,4-9H2,1-3H3. The fourth-order valence-electron chi connectivity index (χ4n) is 3.24. The molecule has 1 aromatic rings. The van der Waals surface area contributed by atoms with Gasteiger partial charge in [-0.2, -0.15) is 0 Å². The summed E-state index contributed by atoms with van der Waals surface area (Å²) in [5.41, 5.74) is 0.638. The number of carbonyl (C=O) groups excluding carboxylic acids is 1. The molecule has 1 amide bonds. The van der Waals surface area contributed by atoms with E-state index >= 15 is 0 Å². The smallest absolute Gasteiger partial charge is 0.318 e. The second-order valence-electron chi connectivity index (χ2n) is 6.36. The van der Waals surface area contributed by atoms with Gasteiger partial charge in [-0.15, -0.1) is 11.3 Å². The van der Waals surface area contributed by atoms with Gasteiger partial charge in [0, 0.05) is 42.9 Å². The highest BCUT2D eigenvalue weighted by Gasteiger charge is 2.44. The summed E-state index contributed by atoms with van der Waals surface area (Å²) in [6.45, 7) is 9.48. The van der Waals surface area contributed by atoms with Crippen LogP contribution in [0.15, 0.2) is 6.07 Å². The first-order chi connectivity index (χ1) is 10.5. The number of amides is 1. The Balaban J connectivity index is 1.70. The molecule has 2 aliphatic rings. The van der Waals surface area contributed by atoms with E-state index in [2.05, 4.69) is 18.7 Å². The third kappa shape index (κ3) is 2.83. The molecule has 7 heteroatoms. The number of carbonyl (C=O) groups is 1. The number of thiophene rings is 1. The summed E-state index contributed by atoms with van der Waals surface area (Å²) >= 11 is 1.70. The third-order valence-electron chi connectivity index (χ3n) is 4.52. The molecule has 5 nitrogen and oxygen atoms in total. The minimum Gasteiger partial charge on any atom is -0.436 e. The van der Waals surface area contributed by atoms with E-state index in [1.807, 2.05) is 11.0 Å². The van der Waals surface area contributed by atoms with Gasteiger partial charge in [-0.1, -0.05) is 0 Å². The molecule has 0 radical (unpaired) electrons. The number of fused-ring (bicyclic) bond motifs is 1. The minimum atomic E-state index is -0.227. The van der Waals surface area contributed by atoms with Crippen LogP contribution < -0.4 is 4.78 Å². The first kappa shape index (κ1) is 16.0. The van der Waals surface area contributed by atoms with Crippen LogP contribution in [0, 0.1) is 0 Å². The van der Waals surface area contributed by atoms with Crippen molar-refractivity contribution in [2.75, 3.05) is 46.5 Å². The van der Waals surface area contributed by atoms with Crippen molar-refractivity contribution in [3.63, 3.8) is 0 Å². The lowest BCUT2D eigenvalue weighted by Gasteiger charge is -2.35. The molecule has 0 N–H and O–H groups in total. The van der Waals surface area contributed by atoms with Crippen LogP contribution in [-0.4, -0.2) is 69.7 Å². The van der Waals surface area contributed by atoms with E-state index < -0.39 is 0 Å². The fourth-order valence-corrected chi connectivity index (χ4v) is 4.47. The van der Waals surface area contributed by atoms with Gasteiger partial charge in [-0.05, 0) is 19.9 Å². The third-order valence-corrected chi connectivity index (χ3v) is 5.94. The van der Waals surface area contributed by atoms with Crippen LogP contribution in [-0.2, 0) is 14.9 Å². The van der Waals surface area contributed by atoms with E-state index in [-0.39, 0.29) is 11.4 Å². The van der Waals surface area contributed by atoms with Gasteiger partial charge in [0.25, 0.3) is 5.91 Å². The van der Waals surface area contributed by atoms with Gasteiger partial charge in [0.05, 0.1) is 24.3 Å². The first-order valence-electron chi connectivity index (χ1n) is 7.78. The Morgan fingerprint density at radius 3 is 2.73 bits per heavy atom. The van der Waals surface area contributed by atoms with E-state index in [0.717, 1.165) is 49.7 Å². The molecular formula is C15H23BN2O3S. The van der Waals surface area contributed by atoms with Crippen LogP contribution in [0.3, 0.4) is 0 Å². The Kier molecular flexibility index (Phi) is 4.59. The Bertz CT molecular complexity index is 555. The van der Waals surface area contributed by atoms with Gasteiger partial charge in [0.1, 0.15) is 0 Å². The van der Waals surface area contributed by atoms with E-state index in [1.54, 1.807) is 18.4 Å². The fraction of sp³-hybridized carbons (Fsp3) is 0.667. The second kappa shape index (κ2) is 6.32. The number of ether oxygens (including phenoxy) is 1. The van der Waals surface area contributed by atoms with Gasteiger partial charge in [-0.25, -0.2) is 0 Å². The molecule has 0 aromatic carbocycles. The van der Waals surface area contributed by atoms with E-state index in [4.69, 9.17) is 9.39 Å². The molecule has 0 aliphatic carbocycles. The minimum absolute atomic E-state index is 0.159. The highest BCUT2D eigenvalue weighted by molar-refractivity contribution is 7.21. The molecule has 0 saturated carbocycles. The zero-order valence-electron chi connectivity index (χ0n) is 13.6. The van der Waals surface area contributed by atoms with Crippen LogP contribution in [0.25, 0.3) is 0 Å². The van der Waals surface area contributed by atoms with Crippen LogP contribution in [0.4, 0.5) is 0 Å². The van der Waals surface area contributed by atoms with Crippen molar-refractivity contribution in [2.45, 2.75) is 19.4 Å². The van der Waals surface area contributed by atoms with Gasteiger partial charge < -0.3 is 14.3 Å². The summed E-state index contributed by atoms with van der Waals surface area (Å²) in [6, 6.07) is 2.00. The predicted octanol–water partition coefficient (Wildman–Crippen LogP) is 0.394. The van der Waals surface area contributed by atoms with E-state index in [1.165, 1.54) is 4.88 Å². The van der Waals surface area contributed by atoms with Crippen LogP contribution >= 0.6 is 11.3 Å². The second-order valence-corrected chi connectivity index (χ2v) is 7.50. The number of hydrogen-bond acceptors (Lipinski definition) is 5. The zero-order chi connectivity index (χ0) is 15.7. The summed E-state index contributed by atoms with van der Waals surface area (Å²) in [6.07, 6.45) is 0. The lowest BCUT2D eigenvalue weighted by Crippen LogP contribution is -2.46. The molecule has 1 aromatic heterocycles. The molecule has 1 saturated heterocycles. The van der Waals surface area contributed by atoms with Crippen LogP contribution in [0.1, 0.15) is 29.1 Å². The van der Waals surface area contributed by atoms with Crippen LogP contribution in [0.5, 0.6) is 0 Å². The maximum Gasteiger partial charge on any atom is 0.318 e. The quantitative estimate of drug-likeness (QED) is 0.736. The summed E-state index contributed by atoms with van der Waals surface area (Å²) in [5.74, 6) is 0.159. The Labute approximate surface area is 136 Å². The number of rotatable bonds is 5. The SMILES string of the molecule is COBc1cc2c(s1)C(C)(C)N(CCN1CCOCC1)C2=O. The molecule has 0 bridgehead atoms. The highest BCUT2D eigenvalue weighted by atomic mass is 32.1. The normalized spacial score (nSPS) is 21.2. The average molecular weight is 322 g/mol. The molecular weight excluding hydrogens is 299 g/mol. The maximum atomic E-state index is 12.8. The van der Waals surface area contributed by atoms with Crippen molar-refractivity contribution in [1.82, 2.24) is 9.80 Å². The van der Waals surface area contributed by atoms with Crippen LogP contribution in [0.2, 0.25) is 0 Å². The number of hydrogen-bond donors (Lipinski definition) is 0. The van der Waals surface area contributed by atoms with Crippen molar-refractivity contribution >= 4 is 29.5 Å². The first-order valence-corrected chi connectivity index (χ1v) is 8.60. The molecule has 2 aliphatic heterocycles. The lowest BCUT2D eigenvalue weighted by molar-refractivity contribution is 0.0263. The Morgan fingerprint density at radius 2 is 2.09 bits per heavy atom. The highest BCUT2D eigenvalue weighted by Crippen LogP contribution is 2.40. The van der Waals surface area contributed by atoms with Crippen molar-refractivity contribution in [3.8, 4) is 0 Å². The largest absolute Gasteiger partial charge is 0.436 e. The molecule has 1 fully saturated rings. The monoisotopic (exact) mass is 322 g/mol. The van der Waals surface area contributed by atoms with Crippen molar-refractivity contribution in [3.05, 3.63) is 16.5 Å². The summed E-state index contributed by atoms with van der Waals surface area (Å²) in [4.78, 5) is 18.3. The average Bonchev–Trinajstić information content (AvgIpc) is 2.99. The van der Waals surface area contributed by atoms with Crippen molar-refractivity contribution in [2.24, 2.45) is 0 Å². The summed E-state index contributed by atoms with van der Waals surface area (Å²) < 4.78 is 11.7. The zero-order valence-corrected chi connectivity index (χ0v) is 14.4. The van der Waals surface area contributed by atoms with E-state index in [0.29, 0.717) is 7.48 Å². The molecule has 0 spiro atoms. The lowest BCUT2D eigenvalue weighted by atomic mass is 9.97. The number of morpholine rings is 1. The van der Waals surface area contributed by atoms with Crippen molar-refractivity contribution < 1.29 is 14.2 Å². The molecule has 0 atom stereocenters. The molecule has 22 heavy (non-hydrogen) atoms. The van der Waals surface area contributed by atoms with Crippen molar-refractivity contribution in [1.29, 1.82) is 0 Å². The molecule has 3 rings (SSSR count). The molecule has 3 heterocycles. The summed E-state index contributed by atoms with van der Waals surface area (Å²) in [5, 5.41) is 0. The predicted molar refractivity (Wildman–Crippen MR) is 89.4 cm³/mol. The Morgan fingerprint density at radius 1 is 1.36 bits per heavy atom. The van der Waals surface area contributed by atoms with Gasteiger partial charge in [0.15, 0.2) is 0 Å². The number of nitrogens with zero attached hydrogens (tertiary/aromatic N) is 2.